The second-order valence-corrected chi connectivity index (χ2v) is 8.83. The van der Waals surface area contributed by atoms with E-state index in [9.17, 15) is 5.11 Å². The maximum atomic E-state index is 10.3. The molecule has 0 fully saturated rings. The number of hydrogen-bond donors (Lipinski definition) is 1. The maximum Gasteiger partial charge on any atom is 0.309 e. The fraction of sp³-hybridized carbons (Fsp3) is 0.231. The zero-order valence-electron chi connectivity index (χ0n) is 18.5. The zero-order chi connectivity index (χ0) is 22.1. The number of hydrogen-bond acceptors (Lipinski definition) is 4. The molecule has 31 heavy (non-hydrogen) atoms. The Balaban J connectivity index is 1.68. The van der Waals surface area contributed by atoms with E-state index in [-0.39, 0.29) is 0 Å². The molecule has 4 nitrogen and oxygen atoms in total. The number of benzene rings is 3. The average molecular weight is 410 g/mol. The molecule has 4 aromatic rings. The first kappa shape index (κ1) is 21.2. The first-order chi connectivity index (χ1) is 14.7. The molecule has 0 radical (unpaired) electrons. The minimum absolute atomic E-state index is 0.423. The lowest BCUT2D eigenvalue weighted by Gasteiger charge is -2.37. The lowest BCUT2D eigenvalue weighted by atomic mass is 9.82. The van der Waals surface area contributed by atoms with E-state index in [1.54, 1.807) is 13.8 Å². The second-order valence-electron chi connectivity index (χ2n) is 8.83. The Morgan fingerprint density at radius 3 is 1.68 bits per heavy atom. The van der Waals surface area contributed by atoms with Crippen molar-refractivity contribution in [2.75, 3.05) is 0 Å². The van der Waals surface area contributed by atoms with Crippen LogP contribution in [-0.2, 0) is 4.65 Å². The molecule has 4 rings (SSSR count). The predicted molar refractivity (Wildman–Crippen MR) is 129 cm³/mol. The van der Waals surface area contributed by atoms with Crippen LogP contribution in [0.4, 0.5) is 0 Å². The van der Waals surface area contributed by atoms with Crippen LogP contribution in [0.2, 0.25) is 0 Å². The zero-order valence-corrected chi connectivity index (χ0v) is 18.5. The van der Waals surface area contributed by atoms with Crippen molar-refractivity contribution in [3.63, 3.8) is 0 Å². The van der Waals surface area contributed by atoms with E-state index in [0.29, 0.717) is 7.48 Å². The van der Waals surface area contributed by atoms with Crippen molar-refractivity contribution >= 4 is 24.0 Å². The summed E-state index contributed by atoms with van der Waals surface area (Å²) in [5.41, 5.74) is 4.96. The Labute approximate surface area is 184 Å². The highest BCUT2D eigenvalue weighted by Gasteiger charge is 2.35. The number of aromatic nitrogens is 2. The van der Waals surface area contributed by atoms with Crippen LogP contribution in [0.1, 0.15) is 27.7 Å². The highest BCUT2D eigenvalue weighted by atomic mass is 16.5. The quantitative estimate of drug-likeness (QED) is 0.476. The van der Waals surface area contributed by atoms with Crippen LogP contribution >= 0.6 is 0 Å². The SMILES string of the molecule is CC(C)(O)C(C)(C)OBc1ccc(-c2nc3ccccc3nc2-c2ccccc2)cc1. The molecule has 0 atom stereocenters. The molecule has 0 aliphatic carbocycles. The molecule has 0 bridgehead atoms. The maximum absolute atomic E-state index is 10.3. The Hall–Kier alpha value is -3.02. The molecule has 0 aliphatic rings. The fourth-order valence-corrected chi connectivity index (χ4v) is 3.20. The Bertz CT molecular complexity index is 1180. The third-order valence-corrected chi connectivity index (χ3v) is 5.92. The summed E-state index contributed by atoms with van der Waals surface area (Å²) >= 11 is 0. The van der Waals surface area contributed by atoms with E-state index in [1.807, 2.05) is 68.4 Å². The van der Waals surface area contributed by atoms with Gasteiger partial charge < -0.3 is 9.76 Å². The van der Waals surface area contributed by atoms with Crippen molar-refractivity contribution in [3.8, 4) is 22.5 Å². The smallest absolute Gasteiger partial charge is 0.309 e. The third-order valence-electron chi connectivity index (χ3n) is 5.92. The lowest BCUT2D eigenvalue weighted by molar-refractivity contribution is -0.0893. The van der Waals surface area contributed by atoms with Crippen LogP contribution in [0.3, 0.4) is 0 Å². The normalized spacial score (nSPS) is 12.2. The van der Waals surface area contributed by atoms with Crippen molar-refractivity contribution in [2.45, 2.75) is 38.9 Å². The Morgan fingerprint density at radius 1 is 0.677 bits per heavy atom. The molecule has 156 valence electrons. The van der Waals surface area contributed by atoms with Gasteiger partial charge in [0.25, 0.3) is 0 Å². The van der Waals surface area contributed by atoms with Crippen molar-refractivity contribution in [3.05, 3.63) is 78.9 Å². The van der Waals surface area contributed by atoms with Crippen LogP contribution in [-0.4, -0.2) is 33.8 Å². The number of nitrogens with zero attached hydrogens (tertiary/aromatic N) is 2. The van der Waals surface area contributed by atoms with Crippen LogP contribution in [0.25, 0.3) is 33.5 Å². The summed E-state index contributed by atoms with van der Waals surface area (Å²) in [6.07, 6.45) is 0. The molecule has 1 aromatic heterocycles. The molecule has 1 heterocycles. The van der Waals surface area contributed by atoms with Crippen LogP contribution in [0.15, 0.2) is 78.9 Å². The number of para-hydroxylation sites is 2. The van der Waals surface area contributed by atoms with Crippen LogP contribution < -0.4 is 5.46 Å². The molecule has 1 N–H and O–H groups in total. The van der Waals surface area contributed by atoms with E-state index < -0.39 is 11.2 Å². The summed E-state index contributed by atoms with van der Waals surface area (Å²) in [6.45, 7) is 7.33. The first-order valence-electron chi connectivity index (χ1n) is 10.5. The predicted octanol–water partition coefficient (Wildman–Crippen LogP) is 4.51. The van der Waals surface area contributed by atoms with Gasteiger partial charge in [-0.2, -0.15) is 0 Å². The van der Waals surface area contributed by atoms with Gasteiger partial charge in [0.1, 0.15) is 0 Å². The van der Waals surface area contributed by atoms with Crippen molar-refractivity contribution in [2.24, 2.45) is 0 Å². The summed E-state index contributed by atoms with van der Waals surface area (Å²) in [6, 6.07) is 26.3. The average Bonchev–Trinajstić information content (AvgIpc) is 2.77. The summed E-state index contributed by atoms with van der Waals surface area (Å²) in [5.74, 6) is 0. The molecular weight excluding hydrogens is 383 g/mol. The Morgan fingerprint density at radius 2 is 1.16 bits per heavy atom. The molecular formula is C26H27BN2O2. The number of aliphatic hydroxyl groups is 1. The van der Waals surface area contributed by atoms with E-state index in [2.05, 4.69) is 24.3 Å². The van der Waals surface area contributed by atoms with Gasteiger partial charge in [-0.15, -0.1) is 0 Å². The molecule has 0 amide bonds. The van der Waals surface area contributed by atoms with Gasteiger partial charge in [0.15, 0.2) is 0 Å². The number of rotatable bonds is 6. The fourth-order valence-electron chi connectivity index (χ4n) is 3.20. The summed E-state index contributed by atoms with van der Waals surface area (Å²) in [4.78, 5) is 9.87. The molecule has 5 heteroatoms. The molecule has 0 aliphatic heterocycles. The van der Waals surface area contributed by atoms with Gasteiger partial charge in [-0.25, -0.2) is 9.97 Å². The summed E-state index contributed by atoms with van der Waals surface area (Å²) in [5, 5.41) is 10.3. The number of fused-ring (bicyclic) bond motifs is 1. The van der Waals surface area contributed by atoms with Crippen molar-refractivity contribution in [1.29, 1.82) is 0 Å². The van der Waals surface area contributed by atoms with Gasteiger partial charge in [0, 0.05) is 11.1 Å². The van der Waals surface area contributed by atoms with E-state index in [1.165, 1.54) is 0 Å². The molecule has 0 unspecified atom stereocenters. The highest BCUT2D eigenvalue weighted by Crippen LogP contribution is 2.30. The molecule has 0 spiro atoms. The highest BCUT2D eigenvalue weighted by molar-refractivity contribution is 6.47. The summed E-state index contributed by atoms with van der Waals surface area (Å²) < 4.78 is 6.00. The standard InChI is InChI=1S/C26H27BN2O2/c1-25(2,30)26(3,4)31-27-20-16-14-19(15-17-20)24-23(18-10-6-5-7-11-18)28-21-12-8-9-13-22(21)29-24/h5-17,27,30H,1-4H3. The van der Waals surface area contributed by atoms with E-state index in [0.717, 1.165) is 39.0 Å². The van der Waals surface area contributed by atoms with Gasteiger partial charge >= 0.3 is 7.48 Å². The monoisotopic (exact) mass is 410 g/mol. The van der Waals surface area contributed by atoms with Gasteiger partial charge in [-0.05, 0) is 39.8 Å². The van der Waals surface area contributed by atoms with Crippen LogP contribution in [0.5, 0.6) is 0 Å². The second kappa shape index (κ2) is 8.25. The van der Waals surface area contributed by atoms with Gasteiger partial charge in [-0.1, -0.05) is 72.2 Å². The molecule has 0 saturated carbocycles. The van der Waals surface area contributed by atoms with E-state index in [4.69, 9.17) is 14.6 Å². The molecule has 0 saturated heterocycles. The van der Waals surface area contributed by atoms with Crippen LogP contribution in [0, 0.1) is 0 Å². The molecule has 3 aromatic carbocycles. The topological polar surface area (TPSA) is 55.2 Å². The van der Waals surface area contributed by atoms with E-state index >= 15 is 0 Å². The third kappa shape index (κ3) is 4.53. The summed E-state index contributed by atoms with van der Waals surface area (Å²) in [7, 11) is 0.423. The van der Waals surface area contributed by atoms with Crippen molar-refractivity contribution in [1.82, 2.24) is 9.97 Å². The Kier molecular flexibility index (Phi) is 5.65. The lowest BCUT2D eigenvalue weighted by Crippen LogP contribution is -2.49. The van der Waals surface area contributed by atoms with Crippen molar-refractivity contribution < 1.29 is 9.76 Å². The minimum atomic E-state index is -0.932. The van der Waals surface area contributed by atoms with Gasteiger partial charge in [-0.3, -0.25) is 0 Å². The minimum Gasteiger partial charge on any atom is -0.427 e. The largest absolute Gasteiger partial charge is 0.427 e. The van der Waals surface area contributed by atoms with Gasteiger partial charge in [0.05, 0.1) is 33.6 Å². The first-order valence-corrected chi connectivity index (χ1v) is 10.5. The van der Waals surface area contributed by atoms with Gasteiger partial charge in [0.2, 0.25) is 0 Å².